The largest absolute Gasteiger partial charge is 0.377 e. The zero-order chi connectivity index (χ0) is 15.4. The summed E-state index contributed by atoms with van der Waals surface area (Å²) in [6.45, 7) is 1.91. The molecule has 2 aromatic rings. The Morgan fingerprint density at radius 2 is 2.05 bits per heavy atom. The molecule has 0 saturated carbocycles. The molecule has 0 bridgehead atoms. The van der Waals surface area contributed by atoms with Crippen LogP contribution in [0.3, 0.4) is 0 Å². The van der Waals surface area contributed by atoms with Gasteiger partial charge in [-0.1, -0.05) is 29.8 Å². The number of nitro groups is 1. The molecular weight excluding hydrogens is 290 g/mol. The minimum absolute atomic E-state index is 0.109. The number of hydrogen-bond acceptors (Lipinski definition) is 4. The quantitative estimate of drug-likeness (QED) is 0.674. The predicted molar refractivity (Wildman–Crippen MR) is 81.3 cm³/mol. The first kappa shape index (κ1) is 14.8. The maximum Gasteiger partial charge on any atom is 0.270 e. The monoisotopic (exact) mass is 301 g/mol. The number of rotatable bonds is 4. The average Bonchev–Trinajstić information content (AvgIpc) is 2.47. The molecule has 0 saturated heterocycles. The van der Waals surface area contributed by atoms with Gasteiger partial charge in [-0.15, -0.1) is 0 Å². The van der Waals surface area contributed by atoms with E-state index in [1.54, 1.807) is 6.07 Å². The molecule has 1 atom stereocenters. The Kier molecular flexibility index (Phi) is 4.41. The van der Waals surface area contributed by atoms with Crippen LogP contribution in [0.25, 0.3) is 0 Å². The Hall–Kier alpha value is -2.58. The summed E-state index contributed by atoms with van der Waals surface area (Å²) >= 11 is 6.13. The Morgan fingerprint density at radius 1 is 1.33 bits per heavy atom. The number of benzene rings is 2. The summed E-state index contributed by atoms with van der Waals surface area (Å²) in [5, 5.41) is 23.6. The van der Waals surface area contributed by atoms with E-state index in [9.17, 15) is 10.1 Å². The second-order valence-corrected chi connectivity index (χ2v) is 4.89. The molecule has 0 fully saturated rings. The number of nitrogens with zero attached hydrogens (tertiary/aromatic N) is 2. The van der Waals surface area contributed by atoms with E-state index in [0.29, 0.717) is 10.7 Å². The maximum atomic E-state index is 10.7. The lowest BCUT2D eigenvalue weighted by Gasteiger charge is -2.17. The van der Waals surface area contributed by atoms with Crippen LogP contribution in [-0.4, -0.2) is 4.92 Å². The zero-order valence-electron chi connectivity index (χ0n) is 11.2. The number of anilines is 1. The van der Waals surface area contributed by atoms with Crippen LogP contribution in [0.4, 0.5) is 11.4 Å². The minimum atomic E-state index is -0.526. The molecule has 2 rings (SSSR count). The van der Waals surface area contributed by atoms with Crippen LogP contribution in [0.5, 0.6) is 0 Å². The molecule has 6 heteroatoms. The minimum Gasteiger partial charge on any atom is -0.377 e. The summed E-state index contributed by atoms with van der Waals surface area (Å²) in [6, 6.07) is 13.4. The SMILES string of the molecule is CC(Nc1ccc([N+](=O)[O-])cc1C#N)c1ccccc1Cl. The Balaban J connectivity index is 2.30. The van der Waals surface area contributed by atoms with Gasteiger partial charge < -0.3 is 5.32 Å². The molecule has 0 spiro atoms. The van der Waals surface area contributed by atoms with E-state index in [1.807, 2.05) is 31.2 Å². The number of nitrogens with one attached hydrogen (secondary N) is 1. The summed E-state index contributed by atoms with van der Waals surface area (Å²) in [7, 11) is 0. The molecule has 0 aromatic heterocycles. The molecule has 0 aliphatic heterocycles. The summed E-state index contributed by atoms with van der Waals surface area (Å²) in [6.07, 6.45) is 0. The fourth-order valence-corrected chi connectivity index (χ4v) is 2.30. The van der Waals surface area contributed by atoms with Gasteiger partial charge in [-0.05, 0) is 24.6 Å². The molecule has 106 valence electrons. The van der Waals surface area contributed by atoms with Gasteiger partial charge in [-0.2, -0.15) is 5.26 Å². The molecule has 0 aliphatic rings. The highest BCUT2D eigenvalue weighted by atomic mass is 35.5. The van der Waals surface area contributed by atoms with E-state index in [1.165, 1.54) is 18.2 Å². The molecule has 0 radical (unpaired) electrons. The first-order chi connectivity index (χ1) is 10.0. The van der Waals surface area contributed by atoms with Crippen molar-refractivity contribution in [3.8, 4) is 6.07 Å². The molecule has 0 aliphatic carbocycles. The molecule has 5 nitrogen and oxygen atoms in total. The van der Waals surface area contributed by atoms with Gasteiger partial charge in [-0.25, -0.2) is 0 Å². The van der Waals surface area contributed by atoms with Crippen molar-refractivity contribution in [2.24, 2.45) is 0 Å². The number of nitriles is 1. The molecule has 21 heavy (non-hydrogen) atoms. The van der Waals surface area contributed by atoms with E-state index >= 15 is 0 Å². The van der Waals surface area contributed by atoms with Crippen LogP contribution < -0.4 is 5.32 Å². The number of hydrogen-bond donors (Lipinski definition) is 1. The van der Waals surface area contributed by atoms with E-state index in [4.69, 9.17) is 16.9 Å². The number of halogens is 1. The standard InChI is InChI=1S/C15H12ClN3O2/c1-10(13-4-2-3-5-14(13)16)18-15-7-6-12(19(20)21)8-11(15)9-17/h2-8,10,18H,1H3. The van der Waals surface area contributed by atoms with Crippen molar-refractivity contribution < 1.29 is 4.92 Å². The van der Waals surface area contributed by atoms with Gasteiger partial charge in [0.1, 0.15) is 6.07 Å². The highest BCUT2D eigenvalue weighted by Gasteiger charge is 2.14. The van der Waals surface area contributed by atoms with Crippen molar-refractivity contribution in [2.45, 2.75) is 13.0 Å². The van der Waals surface area contributed by atoms with Gasteiger partial charge in [0, 0.05) is 17.2 Å². The topological polar surface area (TPSA) is 79.0 Å². The Labute approximate surface area is 126 Å². The first-order valence-electron chi connectivity index (χ1n) is 6.22. The highest BCUT2D eigenvalue weighted by molar-refractivity contribution is 6.31. The van der Waals surface area contributed by atoms with Crippen LogP contribution in [0.15, 0.2) is 42.5 Å². The van der Waals surface area contributed by atoms with E-state index < -0.39 is 4.92 Å². The second kappa shape index (κ2) is 6.25. The second-order valence-electron chi connectivity index (χ2n) is 4.49. The third-order valence-corrected chi connectivity index (χ3v) is 3.42. The molecule has 0 amide bonds. The van der Waals surface area contributed by atoms with Crippen molar-refractivity contribution in [1.82, 2.24) is 0 Å². The molecule has 0 heterocycles. The summed E-state index contributed by atoms with van der Waals surface area (Å²) in [5.41, 5.74) is 1.54. The van der Waals surface area contributed by atoms with Crippen LogP contribution >= 0.6 is 11.6 Å². The van der Waals surface area contributed by atoms with E-state index in [2.05, 4.69) is 5.32 Å². The van der Waals surface area contributed by atoms with E-state index in [0.717, 1.165) is 5.56 Å². The average molecular weight is 302 g/mol. The van der Waals surface area contributed by atoms with Crippen LogP contribution in [0.2, 0.25) is 5.02 Å². The zero-order valence-corrected chi connectivity index (χ0v) is 12.0. The smallest absolute Gasteiger partial charge is 0.270 e. The molecule has 1 N–H and O–H groups in total. The van der Waals surface area contributed by atoms with Gasteiger partial charge in [-0.3, -0.25) is 10.1 Å². The first-order valence-corrected chi connectivity index (χ1v) is 6.60. The third kappa shape index (κ3) is 3.30. The van der Waals surface area contributed by atoms with Gasteiger partial charge in [0.15, 0.2) is 0 Å². The summed E-state index contributed by atoms with van der Waals surface area (Å²) in [5.74, 6) is 0. The van der Waals surface area contributed by atoms with Crippen molar-refractivity contribution in [3.05, 3.63) is 68.7 Å². The third-order valence-electron chi connectivity index (χ3n) is 3.08. The van der Waals surface area contributed by atoms with Crippen LogP contribution in [-0.2, 0) is 0 Å². The Morgan fingerprint density at radius 3 is 2.67 bits per heavy atom. The molecule has 2 aromatic carbocycles. The van der Waals surface area contributed by atoms with Crippen molar-refractivity contribution in [1.29, 1.82) is 5.26 Å². The van der Waals surface area contributed by atoms with Gasteiger partial charge in [0.2, 0.25) is 0 Å². The van der Waals surface area contributed by atoms with Crippen LogP contribution in [0, 0.1) is 21.4 Å². The summed E-state index contributed by atoms with van der Waals surface area (Å²) in [4.78, 5) is 10.2. The molecular formula is C15H12ClN3O2. The van der Waals surface area contributed by atoms with E-state index in [-0.39, 0.29) is 17.3 Å². The highest BCUT2D eigenvalue weighted by Crippen LogP contribution is 2.28. The van der Waals surface area contributed by atoms with Crippen molar-refractivity contribution in [3.63, 3.8) is 0 Å². The number of non-ortho nitro benzene ring substituents is 1. The number of nitro benzene ring substituents is 1. The van der Waals surface area contributed by atoms with Crippen molar-refractivity contribution in [2.75, 3.05) is 5.32 Å². The van der Waals surface area contributed by atoms with Gasteiger partial charge in [0.25, 0.3) is 5.69 Å². The normalized spacial score (nSPS) is 11.5. The van der Waals surface area contributed by atoms with Crippen molar-refractivity contribution >= 4 is 23.0 Å². The van der Waals surface area contributed by atoms with Gasteiger partial charge in [0.05, 0.1) is 22.2 Å². The lowest BCUT2D eigenvalue weighted by atomic mass is 10.1. The fraction of sp³-hybridized carbons (Fsp3) is 0.133. The molecule has 1 unspecified atom stereocenters. The predicted octanol–water partition coefficient (Wildman–Crippen LogP) is 4.29. The summed E-state index contributed by atoms with van der Waals surface area (Å²) < 4.78 is 0. The lowest BCUT2D eigenvalue weighted by Crippen LogP contribution is -2.08. The fourth-order valence-electron chi connectivity index (χ4n) is 2.00. The lowest BCUT2D eigenvalue weighted by molar-refractivity contribution is -0.384. The van der Waals surface area contributed by atoms with Crippen LogP contribution in [0.1, 0.15) is 24.1 Å². The van der Waals surface area contributed by atoms with Gasteiger partial charge >= 0.3 is 0 Å². The Bertz CT molecular complexity index is 725. The maximum absolute atomic E-state index is 10.7.